The van der Waals surface area contributed by atoms with Crippen LogP contribution in [0.5, 0.6) is 5.75 Å². The Labute approximate surface area is 206 Å². The maximum atomic E-state index is 12.9. The molecule has 3 aromatic heterocycles. The summed E-state index contributed by atoms with van der Waals surface area (Å²) in [6.45, 7) is 0. The average molecular weight is 512 g/mol. The summed E-state index contributed by atoms with van der Waals surface area (Å²) in [6.07, 6.45) is 1.83. The zero-order valence-electron chi connectivity index (χ0n) is 17.6. The molecule has 0 amide bonds. The molecule has 2 aromatic carbocycles. The number of rotatable bonds is 5. The molecular weight excluding hydrogens is 497 g/mol. The lowest BCUT2D eigenvalue weighted by Crippen LogP contribution is -2.28. The Hall–Kier alpha value is -3.46. The van der Waals surface area contributed by atoms with E-state index < -0.39 is 5.56 Å². The number of furan rings is 1. The number of halogens is 2. The second-order valence-electron chi connectivity index (χ2n) is 7.32. The molecule has 0 radical (unpaired) electrons. The van der Waals surface area contributed by atoms with Crippen LogP contribution in [-0.4, -0.2) is 21.7 Å². The van der Waals surface area contributed by atoms with Gasteiger partial charge in [-0.05, 0) is 48.0 Å². The highest BCUT2D eigenvalue weighted by atomic mass is 35.5. The molecule has 0 unspecified atom stereocenters. The van der Waals surface area contributed by atoms with Crippen LogP contribution >= 0.6 is 34.5 Å². The zero-order valence-corrected chi connectivity index (χ0v) is 19.9. The summed E-state index contributed by atoms with van der Waals surface area (Å²) in [4.78, 5) is 29.7. The summed E-state index contributed by atoms with van der Waals surface area (Å²) in [5.74, 6) is 1.66. The van der Waals surface area contributed by atoms with Gasteiger partial charge in [0.2, 0.25) is 4.96 Å². The SMILES string of the molecule is COc1ccc(Cc2nn3c(=O)c(=Cc4ccc(-c5cc(Cl)ccc5Cl)o4)sc3nc2=O)cc1. The fraction of sp³-hybridized carbons (Fsp3) is 0.0833. The first-order chi connectivity index (χ1) is 16.4. The Morgan fingerprint density at radius 2 is 1.88 bits per heavy atom. The summed E-state index contributed by atoms with van der Waals surface area (Å²) < 4.78 is 12.5. The van der Waals surface area contributed by atoms with Crippen molar-refractivity contribution >= 4 is 45.6 Å². The van der Waals surface area contributed by atoms with Crippen LogP contribution in [0.1, 0.15) is 17.0 Å². The minimum atomic E-state index is -0.473. The number of nitrogens with zero attached hydrogens (tertiary/aromatic N) is 3. The van der Waals surface area contributed by atoms with Crippen molar-refractivity contribution < 1.29 is 9.15 Å². The summed E-state index contributed by atoms with van der Waals surface area (Å²) in [5, 5.41) is 5.30. The van der Waals surface area contributed by atoms with Gasteiger partial charge in [0.1, 0.15) is 27.5 Å². The fourth-order valence-corrected chi connectivity index (χ4v) is 4.65. The van der Waals surface area contributed by atoms with Crippen molar-refractivity contribution in [1.29, 1.82) is 0 Å². The molecule has 5 aromatic rings. The van der Waals surface area contributed by atoms with E-state index in [0.717, 1.165) is 21.4 Å². The topological polar surface area (TPSA) is 86.7 Å². The normalized spacial score (nSPS) is 11.9. The first-order valence-corrected chi connectivity index (χ1v) is 11.6. The first kappa shape index (κ1) is 22.3. The van der Waals surface area contributed by atoms with Crippen molar-refractivity contribution in [3.8, 4) is 17.1 Å². The van der Waals surface area contributed by atoms with E-state index in [1.165, 1.54) is 0 Å². The van der Waals surface area contributed by atoms with Crippen LogP contribution in [0.4, 0.5) is 0 Å². The number of aromatic nitrogens is 3. The van der Waals surface area contributed by atoms with E-state index in [2.05, 4.69) is 10.1 Å². The Bertz CT molecular complexity index is 1690. The van der Waals surface area contributed by atoms with Crippen molar-refractivity contribution in [2.75, 3.05) is 7.11 Å². The molecule has 0 spiro atoms. The van der Waals surface area contributed by atoms with Gasteiger partial charge < -0.3 is 9.15 Å². The summed E-state index contributed by atoms with van der Waals surface area (Å²) >= 11 is 13.4. The quantitative estimate of drug-likeness (QED) is 0.351. The number of methoxy groups -OCH3 is 1. The largest absolute Gasteiger partial charge is 0.497 e. The van der Waals surface area contributed by atoms with Gasteiger partial charge in [0.25, 0.3) is 11.1 Å². The third-order valence-corrected chi connectivity index (χ3v) is 6.60. The smallest absolute Gasteiger partial charge is 0.296 e. The van der Waals surface area contributed by atoms with E-state index in [9.17, 15) is 9.59 Å². The molecule has 0 atom stereocenters. The van der Waals surface area contributed by atoms with Crippen molar-refractivity contribution in [3.05, 3.63) is 107 Å². The van der Waals surface area contributed by atoms with Crippen LogP contribution < -0.4 is 20.4 Å². The number of hydrogen-bond acceptors (Lipinski definition) is 7. The molecule has 0 bridgehead atoms. The lowest BCUT2D eigenvalue weighted by Gasteiger charge is -2.02. The van der Waals surface area contributed by atoms with Gasteiger partial charge in [-0.15, -0.1) is 0 Å². The van der Waals surface area contributed by atoms with E-state index in [-0.39, 0.29) is 22.6 Å². The van der Waals surface area contributed by atoms with Crippen molar-refractivity contribution in [3.63, 3.8) is 0 Å². The highest BCUT2D eigenvalue weighted by Gasteiger charge is 2.13. The molecule has 0 fully saturated rings. The van der Waals surface area contributed by atoms with Gasteiger partial charge in [0.15, 0.2) is 0 Å². The molecular formula is C24H15Cl2N3O4S. The molecule has 0 saturated heterocycles. The standard InChI is InChI=1S/C24H15Cl2N3O4S/c1-32-15-5-2-13(3-6-15)10-19-22(30)27-24-29(28-19)23(31)21(34-24)12-16-7-9-20(33-16)17-11-14(25)4-8-18(17)26/h2-9,11-12H,10H2,1H3. The van der Waals surface area contributed by atoms with E-state index >= 15 is 0 Å². The van der Waals surface area contributed by atoms with E-state index in [0.29, 0.717) is 37.4 Å². The molecule has 0 saturated carbocycles. The predicted molar refractivity (Wildman–Crippen MR) is 132 cm³/mol. The van der Waals surface area contributed by atoms with E-state index in [4.69, 9.17) is 32.4 Å². The number of hydrogen-bond donors (Lipinski definition) is 0. The second-order valence-corrected chi connectivity index (χ2v) is 9.18. The third kappa shape index (κ3) is 4.35. The number of thiazole rings is 1. The van der Waals surface area contributed by atoms with Crippen molar-refractivity contribution in [1.82, 2.24) is 14.6 Å². The Morgan fingerprint density at radius 3 is 2.65 bits per heavy atom. The minimum absolute atomic E-state index is 0.181. The summed E-state index contributed by atoms with van der Waals surface area (Å²) in [6, 6.07) is 15.8. The van der Waals surface area contributed by atoms with Crippen molar-refractivity contribution in [2.24, 2.45) is 0 Å². The van der Waals surface area contributed by atoms with Crippen LogP contribution in [0.25, 0.3) is 22.4 Å². The van der Waals surface area contributed by atoms with Gasteiger partial charge >= 0.3 is 0 Å². The van der Waals surface area contributed by atoms with Crippen LogP contribution in [0, 0.1) is 0 Å². The Morgan fingerprint density at radius 1 is 1.09 bits per heavy atom. The molecule has 170 valence electrons. The molecule has 0 aliphatic carbocycles. The number of benzene rings is 2. The Kier molecular flexibility index (Phi) is 5.95. The molecule has 7 nitrogen and oxygen atoms in total. The molecule has 0 N–H and O–H groups in total. The van der Waals surface area contributed by atoms with Gasteiger partial charge in [0.05, 0.1) is 12.1 Å². The molecule has 3 heterocycles. The number of fused-ring (bicyclic) bond motifs is 1. The maximum absolute atomic E-state index is 12.9. The van der Waals surface area contributed by atoms with Gasteiger partial charge in [0, 0.05) is 23.1 Å². The fourth-order valence-electron chi connectivity index (χ4n) is 3.38. The molecule has 0 aliphatic heterocycles. The van der Waals surface area contributed by atoms with Gasteiger partial charge in [-0.1, -0.05) is 46.7 Å². The maximum Gasteiger partial charge on any atom is 0.296 e. The summed E-state index contributed by atoms with van der Waals surface area (Å²) in [5.41, 5.74) is 0.815. The predicted octanol–water partition coefficient (Wildman–Crippen LogP) is 4.23. The van der Waals surface area contributed by atoms with E-state index in [1.54, 1.807) is 55.7 Å². The average Bonchev–Trinajstić information content (AvgIpc) is 3.41. The molecule has 0 aliphatic rings. The van der Waals surface area contributed by atoms with Gasteiger partial charge in [-0.3, -0.25) is 9.59 Å². The van der Waals surface area contributed by atoms with Crippen LogP contribution in [0.2, 0.25) is 10.0 Å². The highest BCUT2D eigenvalue weighted by Crippen LogP contribution is 2.31. The zero-order chi connectivity index (χ0) is 23.8. The molecule has 34 heavy (non-hydrogen) atoms. The van der Waals surface area contributed by atoms with Gasteiger partial charge in [-0.25, -0.2) is 0 Å². The first-order valence-electron chi connectivity index (χ1n) is 10.0. The van der Waals surface area contributed by atoms with Crippen LogP contribution in [-0.2, 0) is 6.42 Å². The molecule has 10 heteroatoms. The van der Waals surface area contributed by atoms with Crippen molar-refractivity contribution in [2.45, 2.75) is 6.42 Å². The third-order valence-electron chi connectivity index (χ3n) is 5.07. The van der Waals surface area contributed by atoms with Crippen LogP contribution in [0.15, 0.2) is 68.6 Å². The minimum Gasteiger partial charge on any atom is -0.497 e. The lowest BCUT2D eigenvalue weighted by atomic mass is 10.1. The van der Waals surface area contributed by atoms with Crippen LogP contribution in [0.3, 0.4) is 0 Å². The number of ether oxygens (including phenoxy) is 1. The Balaban J connectivity index is 1.51. The summed E-state index contributed by atoms with van der Waals surface area (Å²) in [7, 11) is 1.58. The van der Waals surface area contributed by atoms with E-state index in [1.807, 2.05) is 12.1 Å². The second kappa shape index (κ2) is 9.06. The monoisotopic (exact) mass is 511 g/mol. The highest BCUT2D eigenvalue weighted by molar-refractivity contribution is 7.15. The lowest BCUT2D eigenvalue weighted by molar-refractivity contribution is 0.414. The van der Waals surface area contributed by atoms with Gasteiger partial charge in [-0.2, -0.15) is 14.6 Å². The molecule has 5 rings (SSSR count).